The number of anilines is 1. The fourth-order valence-electron chi connectivity index (χ4n) is 2.67. The average molecular weight is 285 g/mol. The molecule has 0 aromatic heterocycles. The maximum atomic E-state index is 10.1. The average Bonchev–Trinajstić information content (AvgIpc) is 2.86. The zero-order valence-electron chi connectivity index (χ0n) is 12.5. The zero-order valence-corrected chi connectivity index (χ0v) is 12.5. The molecule has 0 bridgehead atoms. The number of aromatic hydroxyl groups is 1. The Morgan fingerprint density at radius 3 is 2.52 bits per heavy atom. The van der Waals surface area contributed by atoms with E-state index in [-0.39, 0.29) is 12.5 Å². The molecule has 4 nitrogen and oxygen atoms in total. The van der Waals surface area contributed by atoms with Crippen LogP contribution in [0.1, 0.15) is 16.7 Å². The van der Waals surface area contributed by atoms with Crippen LogP contribution < -0.4 is 14.4 Å². The summed E-state index contributed by atoms with van der Waals surface area (Å²) < 4.78 is 10.6. The Hall–Kier alpha value is -2.36. The summed E-state index contributed by atoms with van der Waals surface area (Å²) in [5, 5.41) is 10.1. The predicted octanol–water partition coefficient (Wildman–Crippen LogP) is 3.37. The van der Waals surface area contributed by atoms with E-state index in [9.17, 15) is 5.11 Å². The van der Waals surface area contributed by atoms with Gasteiger partial charge in [0.25, 0.3) is 0 Å². The highest BCUT2D eigenvalue weighted by molar-refractivity contribution is 5.56. The fraction of sp³-hybridized carbons (Fsp3) is 0.294. The van der Waals surface area contributed by atoms with E-state index in [1.165, 1.54) is 11.1 Å². The standard InChI is InChI=1S/C17H19NO3/c1-11-4-5-14(12(2)6-11)18(3)9-13-7-16-17(8-15(13)19)21-10-20-16/h4-8,19H,9-10H2,1-3H3. The highest BCUT2D eigenvalue weighted by atomic mass is 16.7. The Morgan fingerprint density at radius 2 is 1.81 bits per heavy atom. The number of fused-ring (bicyclic) bond motifs is 1. The van der Waals surface area contributed by atoms with Crippen LogP contribution in [-0.2, 0) is 6.54 Å². The number of benzene rings is 2. The lowest BCUT2D eigenvalue weighted by Gasteiger charge is -2.22. The smallest absolute Gasteiger partial charge is 0.231 e. The first-order valence-electron chi connectivity index (χ1n) is 6.94. The van der Waals surface area contributed by atoms with E-state index in [0.29, 0.717) is 18.0 Å². The lowest BCUT2D eigenvalue weighted by molar-refractivity contribution is 0.174. The van der Waals surface area contributed by atoms with Crippen LogP contribution in [0.25, 0.3) is 0 Å². The molecule has 1 heterocycles. The maximum absolute atomic E-state index is 10.1. The molecule has 0 saturated carbocycles. The number of rotatable bonds is 3. The van der Waals surface area contributed by atoms with E-state index in [1.807, 2.05) is 13.1 Å². The fourth-order valence-corrected chi connectivity index (χ4v) is 2.67. The van der Waals surface area contributed by atoms with Gasteiger partial charge in [0.15, 0.2) is 11.5 Å². The Balaban J connectivity index is 1.86. The lowest BCUT2D eigenvalue weighted by Crippen LogP contribution is -2.17. The van der Waals surface area contributed by atoms with Crippen LogP contribution in [0.5, 0.6) is 17.2 Å². The molecule has 0 atom stereocenters. The second-order valence-electron chi connectivity index (χ2n) is 5.48. The van der Waals surface area contributed by atoms with Crippen molar-refractivity contribution in [3.05, 3.63) is 47.0 Å². The van der Waals surface area contributed by atoms with Crippen molar-refractivity contribution < 1.29 is 14.6 Å². The Bertz CT molecular complexity index is 682. The Kier molecular flexibility index (Phi) is 3.37. The molecule has 0 unspecified atom stereocenters. The summed E-state index contributed by atoms with van der Waals surface area (Å²) in [5.74, 6) is 1.53. The molecule has 1 aliphatic rings. The van der Waals surface area contributed by atoms with Crippen molar-refractivity contribution in [3.8, 4) is 17.2 Å². The molecule has 110 valence electrons. The number of aryl methyl sites for hydroxylation is 2. The minimum atomic E-state index is 0.213. The van der Waals surface area contributed by atoms with E-state index in [0.717, 1.165) is 11.3 Å². The van der Waals surface area contributed by atoms with Gasteiger partial charge in [-0.15, -0.1) is 0 Å². The van der Waals surface area contributed by atoms with Gasteiger partial charge in [-0.1, -0.05) is 17.7 Å². The highest BCUT2D eigenvalue weighted by Gasteiger charge is 2.18. The summed E-state index contributed by atoms with van der Waals surface area (Å²) in [5.41, 5.74) is 4.44. The van der Waals surface area contributed by atoms with Gasteiger partial charge in [0, 0.05) is 30.9 Å². The largest absolute Gasteiger partial charge is 0.507 e. The molecule has 0 aliphatic carbocycles. The molecule has 21 heavy (non-hydrogen) atoms. The van der Waals surface area contributed by atoms with Crippen LogP contribution in [0.4, 0.5) is 5.69 Å². The molecule has 0 fully saturated rings. The van der Waals surface area contributed by atoms with E-state index in [2.05, 4.69) is 36.9 Å². The number of nitrogens with zero attached hydrogens (tertiary/aromatic N) is 1. The molecule has 0 radical (unpaired) electrons. The molecule has 0 spiro atoms. The zero-order chi connectivity index (χ0) is 15.0. The summed E-state index contributed by atoms with van der Waals surface area (Å²) in [7, 11) is 2.02. The van der Waals surface area contributed by atoms with E-state index in [4.69, 9.17) is 9.47 Å². The van der Waals surface area contributed by atoms with Gasteiger partial charge in [-0.25, -0.2) is 0 Å². The first-order chi connectivity index (χ1) is 10.0. The molecule has 3 rings (SSSR count). The lowest BCUT2D eigenvalue weighted by atomic mass is 10.1. The Morgan fingerprint density at radius 1 is 1.10 bits per heavy atom. The van der Waals surface area contributed by atoms with Crippen molar-refractivity contribution >= 4 is 5.69 Å². The van der Waals surface area contributed by atoms with Crippen molar-refractivity contribution in [1.29, 1.82) is 0 Å². The number of hydrogen-bond donors (Lipinski definition) is 1. The van der Waals surface area contributed by atoms with Crippen molar-refractivity contribution in [2.45, 2.75) is 20.4 Å². The van der Waals surface area contributed by atoms with Gasteiger partial charge >= 0.3 is 0 Å². The van der Waals surface area contributed by atoms with Crippen LogP contribution >= 0.6 is 0 Å². The van der Waals surface area contributed by atoms with Crippen LogP contribution in [0, 0.1) is 13.8 Å². The molecular formula is C17H19NO3. The van der Waals surface area contributed by atoms with Crippen LogP contribution in [0.2, 0.25) is 0 Å². The van der Waals surface area contributed by atoms with E-state index >= 15 is 0 Å². The first kappa shape index (κ1) is 13.6. The second kappa shape index (κ2) is 5.20. The molecule has 4 heteroatoms. The molecule has 0 saturated heterocycles. The van der Waals surface area contributed by atoms with Gasteiger partial charge in [0.1, 0.15) is 5.75 Å². The summed E-state index contributed by atoms with van der Waals surface area (Å²) in [6.07, 6.45) is 0. The van der Waals surface area contributed by atoms with Gasteiger partial charge < -0.3 is 19.5 Å². The van der Waals surface area contributed by atoms with Crippen LogP contribution in [0.15, 0.2) is 30.3 Å². The summed E-state index contributed by atoms with van der Waals surface area (Å²) in [6.45, 7) is 5.00. The van der Waals surface area contributed by atoms with Gasteiger partial charge in [0.2, 0.25) is 6.79 Å². The van der Waals surface area contributed by atoms with Crippen LogP contribution in [-0.4, -0.2) is 18.9 Å². The van der Waals surface area contributed by atoms with Gasteiger partial charge in [-0.05, 0) is 31.5 Å². The Labute approximate surface area is 124 Å². The molecule has 1 N–H and O–H groups in total. The predicted molar refractivity (Wildman–Crippen MR) is 82.3 cm³/mol. The third-order valence-corrected chi connectivity index (χ3v) is 3.74. The summed E-state index contributed by atoms with van der Waals surface area (Å²) in [6, 6.07) is 9.82. The van der Waals surface area contributed by atoms with Gasteiger partial charge in [-0.2, -0.15) is 0 Å². The molecule has 0 amide bonds. The monoisotopic (exact) mass is 285 g/mol. The van der Waals surface area contributed by atoms with Crippen molar-refractivity contribution in [3.63, 3.8) is 0 Å². The van der Waals surface area contributed by atoms with Crippen LogP contribution in [0.3, 0.4) is 0 Å². The van der Waals surface area contributed by atoms with Crippen molar-refractivity contribution in [1.82, 2.24) is 0 Å². The maximum Gasteiger partial charge on any atom is 0.231 e. The number of hydrogen-bond acceptors (Lipinski definition) is 4. The third kappa shape index (κ3) is 2.61. The van der Waals surface area contributed by atoms with Gasteiger partial charge in [0.05, 0.1) is 0 Å². The SMILES string of the molecule is Cc1ccc(N(C)Cc2cc3c(cc2O)OCO3)c(C)c1. The minimum absolute atomic E-state index is 0.213. The molecular weight excluding hydrogens is 266 g/mol. The number of phenolic OH excluding ortho intramolecular Hbond substituents is 1. The third-order valence-electron chi connectivity index (χ3n) is 3.74. The number of phenols is 1. The number of ether oxygens (including phenoxy) is 2. The summed E-state index contributed by atoms with van der Waals surface area (Å²) >= 11 is 0. The highest BCUT2D eigenvalue weighted by Crippen LogP contribution is 2.38. The minimum Gasteiger partial charge on any atom is -0.507 e. The summed E-state index contributed by atoms with van der Waals surface area (Å²) in [4.78, 5) is 2.12. The van der Waals surface area contributed by atoms with Gasteiger partial charge in [-0.3, -0.25) is 0 Å². The second-order valence-corrected chi connectivity index (χ2v) is 5.48. The molecule has 1 aliphatic heterocycles. The van der Waals surface area contributed by atoms with E-state index < -0.39 is 0 Å². The van der Waals surface area contributed by atoms with E-state index in [1.54, 1.807) is 6.07 Å². The quantitative estimate of drug-likeness (QED) is 0.938. The first-order valence-corrected chi connectivity index (χ1v) is 6.94. The topological polar surface area (TPSA) is 41.9 Å². The van der Waals surface area contributed by atoms with Crippen molar-refractivity contribution in [2.24, 2.45) is 0 Å². The van der Waals surface area contributed by atoms with Crippen molar-refractivity contribution in [2.75, 3.05) is 18.7 Å². The molecule has 2 aromatic carbocycles. The molecule has 2 aromatic rings. The normalized spacial score (nSPS) is 12.5.